The molecular formula is C19H33NO. The first-order valence-corrected chi connectivity index (χ1v) is 8.14. The second kappa shape index (κ2) is 7.42. The zero-order chi connectivity index (χ0) is 16.2. The molecular weight excluding hydrogens is 258 g/mol. The molecule has 0 fully saturated rings. The monoisotopic (exact) mass is 291 g/mol. The molecule has 3 unspecified atom stereocenters. The first-order valence-electron chi connectivity index (χ1n) is 8.14. The zero-order valence-corrected chi connectivity index (χ0v) is 14.6. The van der Waals surface area contributed by atoms with E-state index >= 15 is 0 Å². The average molecular weight is 291 g/mol. The van der Waals surface area contributed by atoms with Crippen LogP contribution in [0.1, 0.15) is 70.9 Å². The maximum absolute atomic E-state index is 10.6. The van der Waals surface area contributed by atoms with Crippen LogP contribution in [0.2, 0.25) is 0 Å². The molecule has 1 aromatic carbocycles. The summed E-state index contributed by atoms with van der Waals surface area (Å²) >= 11 is 0. The summed E-state index contributed by atoms with van der Waals surface area (Å²) in [6.07, 6.45) is 0.409. The van der Waals surface area contributed by atoms with Crippen molar-refractivity contribution < 1.29 is 5.11 Å². The number of hydrogen-bond donors (Lipinski definition) is 2. The van der Waals surface area contributed by atoms with Gasteiger partial charge in [0.05, 0.1) is 6.10 Å². The molecule has 120 valence electrons. The minimum absolute atomic E-state index is 0.0241. The van der Waals surface area contributed by atoms with Crippen molar-refractivity contribution in [3.8, 4) is 0 Å². The smallest absolute Gasteiger partial charge is 0.0623 e. The average Bonchev–Trinajstić information content (AvgIpc) is 2.39. The minimum atomic E-state index is -0.380. The Hall–Kier alpha value is -0.860. The van der Waals surface area contributed by atoms with Crippen LogP contribution in [0.3, 0.4) is 0 Å². The first-order chi connectivity index (χ1) is 9.66. The fourth-order valence-electron chi connectivity index (χ4n) is 2.52. The Kier molecular flexibility index (Phi) is 6.42. The third-order valence-electron chi connectivity index (χ3n) is 4.82. The van der Waals surface area contributed by atoms with Crippen LogP contribution in [-0.4, -0.2) is 17.8 Å². The van der Waals surface area contributed by atoms with Crippen LogP contribution in [0.25, 0.3) is 0 Å². The molecule has 1 rings (SSSR count). The highest BCUT2D eigenvalue weighted by Gasteiger charge is 2.27. The van der Waals surface area contributed by atoms with E-state index in [2.05, 4.69) is 65.8 Å². The van der Waals surface area contributed by atoms with Gasteiger partial charge in [-0.1, -0.05) is 65.8 Å². The van der Waals surface area contributed by atoms with Crippen LogP contribution in [-0.2, 0) is 0 Å². The number of aliphatic hydroxyl groups is 1. The SMILES string of the molecule is CC(C)c1ccc(C(CN)C(O)CC(C)C(C)(C)C)cc1. The maximum Gasteiger partial charge on any atom is 0.0623 e. The van der Waals surface area contributed by atoms with Crippen LogP contribution in [0, 0.1) is 11.3 Å². The summed E-state index contributed by atoms with van der Waals surface area (Å²) < 4.78 is 0. The maximum atomic E-state index is 10.6. The van der Waals surface area contributed by atoms with Crippen LogP contribution >= 0.6 is 0 Å². The molecule has 2 nitrogen and oxygen atoms in total. The standard InChI is InChI=1S/C19H33NO/c1-13(2)15-7-9-16(10-8-15)17(12-20)18(21)11-14(3)19(4,5)6/h7-10,13-14,17-18,21H,11-12,20H2,1-6H3. The molecule has 0 saturated carbocycles. The highest BCUT2D eigenvalue weighted by Crippen LogP contribution is 2.32. The summed E-state index contributed by atoms with van der Waals surface area (Å²) in [5, 5.41) is 10.6. The molecule has 1 aromatic rings. The largest absolute Gasteiger partial charge is 0.392 e. The van der Waals surface area contributed by atoms with Gasteiger partial charge in [-0.3, -0.25) is 0 Å². The van der Waals surface area contributed by atoms with E-state index in [9.17, 15) is 5.11 Å². The van der Waals surface area contributed by atoms with Crippen LogP contribution in [0.15, 0.2) is 24.3 Å². The van der Waals surface area contributed by atoms with E-state index in [1.165, 1.54) is 5.56 Å². The molecule has 0 amide bonds. The van der Waals surface area contributed by atoms with Gasteiger partial charge in [0.15, 0.2) is 0 Å². The molecule has 0 aliphatic carbocycles. The minimum Gasteiger partial charge on any atom is -0.392 e. The molecule has 2 heteroatoms. The van der Waals surface area contributed by atoms with Gasteiger partial charge in [-0.25, -0.2) is 0 Å². The lowest BCUT2D eigenvalue weighted by Crippen LogP contribution is -2.30. The highest BCUT2D eigenvalue weighted by molar-refractivity contribution is 5.28. The Morgan fingerprint density at radius 2 is 1.48 bits per heavy atom. The quantitative estimate of drug-likeness (QED) is 0.821. The lowest BCUT2D eigenvalue weighted by atomic mass is 9.76. The van der Waals surface area contributed by atoms with Crippen molar-refractivity contribution >= 4 is 0 Å². The molecule has 3 atom stereocenters. The van der Waals surface area contributed by atoms with E-state index in [-0.39, 0.29) is 17.4 Å². The Morgan fingerprint density at radius 1 is 1.00 bits per heavy atom. The molecule has 3 N–H and O–H groups in total. The predicted molar refractivity (Wildman–Crippen MR) is 91.6 cm³/mol. The fourth-order valence-corrected chi connectivity index (χ4v) is 2.52. The summed E-state index contributed by atoms with van der Waals surface area (Å²) in [6, 6.07) is 8.56. The second-order valence-corrected chi connectivity index (χ2v) is 7.73. The Labute approximate surface area is 130 Å². The van der Waals surface area contributed by atoms with Gasteiger partial charge in [-0.05, 0) is 34.8 Å². The lowest BCUT2D eigenvalue weighted by molar-refractivity contribution is 0.0894. The Bertz CT molecular complexity index is 416. The van der Waals surface area contributed by atoms with E-state index in [1.54, 1.807) is 0 Å². The number of aliphatic hydroxyl groups excluding tert-OH is 1. The molecule has 0 spiro atoms. The summed E-state index contributed by atoms with van der Waals surface area (Å²) in [6.45, 7) is 13.7. The molecule has 0 radical (unpaired) electrons. The van der Waals surface area contributed by atoms with Gasteiger partial charge >= 0.3 is 0 Å². The van der Waals surface area contributed by atoms with E-state index in [1.807, 2.05) is 0 Å². The molecule has 0 heterocycles. The molecule has 0 aromatic heterocycles. The third-order valence-corrected chi connectivity index (χ3v) is 4.82. The number of benzene rings is 1. The van der Waals surface area contributed by atoms with E-state index in [4.69, 9.17) is 5.73 Å². The van der Waals surface area contributed by atoms with Gasteiger partial charge in [0.2, 0.25) is 0 Å². The van der Waals surface area contributed by atoms with Crippen molar-refractivity contribution in [3.63, 3.8) is 0 Å². The van der Waals surface area contributed by atoms with E-state index in [0.29, 0.717) is 18.4 Å². The van der Waals surface area contributed by atoms with Crippen molar-refractivity contribution in [1.29, 1.82) is 0 Å². The van der Waals surface area contributed by atoms with Gasteiger partial charge in [-0.2, -0.15) is 0 Å². The van der Waals surface area contributed by atoms with E-state index < -0.39 is 0 Å². The van der Waals surface area contributed by atoms with Gasteiger partial charge in [0.25, 0.3) is 0 Å². The topological polar surface area (TPSA) is 46.2 Å². The Morgan fingerprint density at radius 3 is 1.86 bits per heavy atom. The van der Waals surface area contributed by atoms with Crippen molar-refractivity contribution in [3.05, 3.63) is 35.4 Å². The van der Waals surface area contributed by atoms with Crippen molar-refractivity contribution in [2.24, 2.45) is 17.1 Å². The third kappa shape index (κ3) is 5.12. The van der Waals surface area contributed by atoms with Crippen molar-refractivity contribution in [2.45, 2.75) is 65.9 Å². The molecule has 0 saturated heterocycles. The van der Waals surface area contributed by atoms with Gasteiger partial charge in [-0.15, -0.1) is 0 Å². The van der Waals surface area contributed by atoms with Gasteiger partial charge < -0.3 is 10.8 Å². The van der Waals surface area contributed by atoms with Crippen LogP contribution in [0.4, 0.5) is 0 Å². The predicted octanol–water partition coefficient (Wildman–Crippen LogP) is 4.29. The van der Waals surface area contributed by atoms with Crippen LogP contribution in [0.5, 0.6) is 0 Å². The highest BCUT2D eigenvalue weighted by atomic mass is 16.3. The number of hydrogen-bond acceptors (Lipinski definition) is 2. The fraction of sp³-hybridized carbons (Fsp3) is 0.684. The molecule has 0 aliphatic rings. The Balaban J connectivity index is 2.82. The summed E-state index contributed by atoms with van der Waals surface area (Å²) in [5.74, 6) is 1.01. The summed E-state index contributed by atoms with van der Waals surface area (Å²) in [4.78, 5) is 0. The van der Waals surface area contributed by atoms with Gasteiger partial charge in [0, 0.05) is 12.5 Å². The van der Waals surface area contributed by atoms with Crippen LogP contribution < -0.4 is 5.73 Å². The zero-order valence-electron chi connectivity index (χ0n) is 14.6. The first kappa shape index (κ1) is 18.2. The van der Waals surface area contributed by atoms with Gasteiger partial charge in [0.1, 0.15) is 0 Å². The molecule has 0 aliphatic heterocycles. The van der Waals surface area contributed by atoms with Crippen molar-refractivity contribution in [2.75, 3.05) is 6.54 Å². The molecule has 0 bridgehead atoms. The summed E-state index contributed by atoms with van der Waals surface area (Å²) in [7, 11) is 0. The summed E-state index contributed by atoms with van der Waals surface area (Å²) in [5.41, 5.74) is 8.61. The number of rotatable bonds is 6. The van der Waals surface area contributed by atoms with E-state index in [0.717, 1.165) is 12.0 Å². The normalized spacial score (nSPS) is 16.8. The number of nitrogens with two attached hydrogens (primary N) is 1. The second-order valence-electron chi connectivity index (χ2n) is 7.73. The van der Waals surface area contributed by atoms with Crippen molar-refractivity contribution in [1.82, 2.24) is 0 Å². The lowest BCUT2D eigenvalue weighted by Gasteiger charge is -2.32. The molecule has 21 heavy (non-hydrogen) atoms.